The lowest BCUT2D eigenvalue weighted by Crippen LogP contribution is -2.25. The van der Waals surface area contributed by atoms with Crippen LogP contribution in [0.5, 0.6) is 0 Å². The number of hydrogen-bond acceptors (Lipinski definition) is 2. The van der Waals surface area contributed by atoms with Gasteiger partial charge in [-0.15, -0.1) is 0 Å². The van der Waals surface area contributed by atoms with Crippen LogP contribution in [0.2, 0.25) is 0 Å². The molecule has 0 heterocycles. The van der Waals surface area contributed by atoms with E-state index < -0.39 is 0 Å². The van der Waals surface area contributed by atoms with Crippen molar-refractivity contribution in [1.82, 2.24) is 5.32 Å². The van der Waals surface area contributed by atoms with Crippen LogP contribution in [0.15, 0.2) is 48.5 Å². The van der Waals surface area contributed by atoms with E-state index in [0.29, 0.717) is 17.8 Å². The zero-order valence-electron chi connectivity index (χ0n) is 11.7. The fraction of sp³-hybridized carbons (Fsp3) is 0.235. The first-order valence-corrected chi connectivity index (χ1v) is 6.85. The third kappa shape index (κ3) is 3.85. The van der Waals surface area contributed by atoms with E-state index in [4.69, 9.17) is 5.73 Å². The molecular formula is C17H20N2O. The third-order valence-electron chi connectivity index (χ3n) is 3.28. The summed E-state index contributed by atoms with van der Waals surface area (Å²) in [4.78, 5) is 12.1. The van der Waals surface area contributed by atoms with Crippen molar-refractivity contribution in [2.75, 3.05) is 12.3 Å². The predicted octanol–water partition coefficient (Wildman–Crippen LogP) is 2.94. The monoisotopic (exact) mass is 268 g/mol. The van der Waals surface area contributed by atoms with Crippen LogP contribution in [0.4, 0.5) is 5.69 Å². The Labute approximate surface area is 119 Å². The molecule has 3 N–H and O–H groups in total. The highest BCUT2D eigenvalue weighted by Crippen LogP contribution is 2.12. The molecule has 20 heavy (non-hydrogen) atoms. The lowest BCUT2D eigenvalue weighted by molar-refractivity contribution is 0.0952. The van der Waals surface area contributed by atoms with Crippen LogP contribution >= 0.6 is 0 Å². The fourth-order valence-corrected chi connectivity index (χ4v) is 2.12. The van der Waals surface area contributed by atoms with Gasteiger partial charge in [0.1, 0.15) is 0 Å². The standard InChI is InChI=1S/C17H20N2O/c1-13-9-10-15(18)12-16(13)17(20)19-11-5-8-14-6-3-2-4-7-14/h2-4,6-7,9-10,12H,5,8,11,18H2,1H3,(H,19,20). The number of nitrogen functional groups attached to an aromatic ring is 1. The first-order chi connectivity index (χ1) is 9.66. The van der Waals surface area contributed by atoms with Crippen molar-refractivity contribution in [2.45, 2.75) is 19.8 Å². The van der Waals surface area contributed by atoms with Crippen molar-refractivity contribution in [2.24, 2.45) is 0 Å². The molecule has 2 aromatic rings. The summed E-state index contributed by atoms with van der Waals surface area (Å²) in [5.74, 6) is -0.0529. The Hall–Kier alpha value is -2.29. The van der Waals surface area contributed by atoms with E-state index in [-0.39, 0.29) is 5.91 Å². The molecule has 0 bridgehead atoms. The van der Waals surface area contributed by atoms with E-state index >= 15 is 0 Å². The molecule has 2 aromatic carbocycles. The molecule has 0 saturated heterocycles. The van der Waals surface area contributed by atoms with E-state index in [9.17, 15) is 4.79 Å². The fourth-order valence-electron chi connectivity index (χ4n) is 2.12. The van der Waals surface area contributed by atoms with Gasteiger partial charge in [0.25, 0.3) is 5.91 Å². The molecule has 0 spiro atoms. The SMILES string of the molecule is Cc1ccc(N)cc1C(=O)NCCCc1ccccc1. The summed E-state index contributed by atoms with van der Waals surface area (Å²) >= 11 is 0. The summed E-state index contributed by atoms with van der Waals surface area (Å²) in [6, 6.07) is 15.7. The second kappa shape index (κ2) is 6.75. The lowest BCUT2D eigenvalue weighted by Gasteiger charge is -2.08. The summed E-state index contributed by atoms with van der Waals surface area (Å²) < 4.78 is 0. The summed E-state index contributed by atoms with van der Waals surface area (Å²) in [6.45, 7) is 2.58. The topological polar surface area (TPSA) is 55.1 Å². The maximum Gasteiger partial charge on any atom is 0.251 e. The molecule has 0 fully saturated rings. The molecule has 0 aromatic heterocycles. The summed E-state index contributed by atoms with van der Waals surface area (Å²) in [7, 11) is 0. The molecule has 1 amide bonds. The Morgan fingerprint density at radius 3 is 2.65 bits per heavy atom. The maximum atomic E-state index is 12.1. The minimum Gasteiger partial charge on any atom is -0.399 e. The molecular weight excluding hydrogens is 248 g/mol. The first kappa shape index (κ1) is 14.1. The second-order valence-electron chi connectivity index (χ2n) is 4.92. The van der Waals surface area contributed by atoms with Crippen LogP contribution in [0.25, 0.3) is 0 Å². The minimum absolute atomic E-state index is 0.0529. The van der Waals surface area contributed by atoms with Crippen molar-refractivity contribution < 1.29 is 4.79 Å². The van der Waals surface area contributed by atoms with Crippen molar-refractivity contribution >= 4 is 11.6 Å². The highest BCUT2D eigenvalue weighted by Gasteiger charge is 2.08. The molecule has 0 unspecified atom stereocenters. The average molecular weight is 268 g/mol. The van der Waals surface area contributed by atoms with Crippen LogP contribution in [-0.2, 0) is 6.42 Å². The molecule has 0 aliphatic carbocycles. The summed E-state index contributed by atoms with van der Waals surface area (Å²) in [6.07, 6.45) is 1.90. The van der Waals surface area contributed by atoms with Crippen LogP contribution in [0.3, 0.4) is 0 Å². The van der Waals surface area contributed by atoms with E-state index in [0.717, 1.165) is 18.4 Å². The largest absolute Gasteiger partial charge is 0.399 e. The molecule has 0 saturated carbocycles. The molecule has 0 atom stereocenters. The maximum absolute atomic E-state index is 12.1. The Morgan fingerprint density at radius 2 is 1.90 bits per heavy atom. The van der Waals surface area contributed by atoms with Crippen LogP contribution in [0, 0.1) is 6.92 Å². The van der Waals surface area contributed by atoms with Gasteiger partial charge in [0.2, 0.25) is 0 Å². The van der Waals surface area contributed by atoms with Gasteiger partial charge in [0.05, 0.1) is 0 Å². The Balaban J connectivity index is 1.82. The van der Waals surface area contributed by atoms with Crippen molar-refractivity contribution in [3.63, 3.8) is 0 Å². The van der Waals surface area contributed by atoms with Gasteiger partial charge in [-0.2, -0.15) is 0 Å². The minimum atomic E-state index is -0.0529. The lowest BCUT2D eigenvalue weighted by atomic mass is 10.1. The third-order valence-corrected chi connectivity index (χ3v) is 3.28. The number of aryl methyl sites for hydroxylation is 2. The Morgan fingerprint density at radius 1 is 1.15 bits per heavy atom. The molecule has 0 aliphatic rings. The number of amides is 1. The number of rotatable bonds is 5. The molecule has 3 nitrogen and oxygen atoms in total. The summed E-state index contributed by atoms with van der Waals surface area (Å²) in [5, 5.41) is 2.94. The molecule has 104 valence electrons. The normalized spacial score (nSPS) is 10.2. The van der Waals surface area contributed by atoms with E-state index in [1.165, 1.54) is 5.56 Å². The molecule has 0 aliphatic heterocycles. The Bertz CT molecular complexity index is 579. The number of benzene rings is 2. The number of carbonyl (C=O) groups excluding carboxylic acids is 1. The smallest absolute Gasteiger partial charge is 0.251 e. The highest BCUT2D eigenvalue weighted by atomic mass is 16.1. The van der Waals surface area contributed by atoms with E-state index in [2.05, 4.69) is 17.4 Å². The van der Waals surface area contributed by atoms with Gasteiger partial charge in [-0.25, -0.2) is 0 Å². The molecule has 0 radical (unpaired) electrons. The van der Waals surface area contributed by atoms with Gasteiger partial charge >= 0.3 is 0 Å². The van der Waals surface area contributed by atoms with Gasteiger partial charge in [-0.1, -0.05) is 36.4 Å². The first-order valence-electron chi connectivity index (χ1n) is 6.85. The van der Waals surface area contributed by atoms with Crippen molar-refractivity contribution in [3.8, 4) is 0 Å². The molecule has 3 heteroatoms. The zero-order chi connectivity index (χ0) is 14.4. The number of carbonyl (C=O) groups is 1. The highest BCUT2D eigenvalue weighted by molar-refractivity contribution is 5.96. The molecule has 2 rings (SSSR count). The predicted molar refractivity (Wildman–Crippen MR) is 82.7 cm³/mol. The number of anilines is 1. The van der Waals surface area contributed by atoms with Crippen molar-refractivity contribution in [1.29, 1.82) is 0 Å². The van der Waals surface area contributed by atoms with Gasteiger partial charge in [-0.3, -0.25) is 4.79 Å². The zero-order valence-corrected chi connectivity index (χ0v) is 11.7. The van der Waals surface area contributed by atoms with E-state index in [1.54, 1.807) is 6.07 Å². The van der Waals surface area contributed by atoms with Gasteiger partial charge < -0.3 is 11.1 Å². The summed E-state index contributed by atoms with van der Waals surface area (Å²) in [5.41, 5.74) is 9.23. The average Bonchev–Trinajstić information content (AvgIpc) is 2.47. The van der Waals surface area contributed by atoms with Gasteiger partial charge in [-0.05, 0) is 43.0 Å². The number of nitrogens with two attached hydrogens (primary N) is 1. The number of nitrogens with one attached hydrogen (secondary N) is 1. The van der Waals surface area contributed by atoms with Crippen molar-refractivity contribution in [3.05, 3.63) is 65.2 Å². The van der Waals surface area contributed by atoms with Gasteiger partial charge in [0.15, 0.2) is 0 Å². The van der Waals surface area contributed by atoms with Crippen LogP contribution in [0.1, 0.15) is 27.9 Å². The second-order valence-corrected chi connectivity index (χ2v) is 4.92. The van der Waals surface area contributed by atoms with Crippen LogP contribution in [-0.4, -0.2) is 12.5 Å². The van der Waals surface area contributed by atoms with E-state index in [1.807, 2.05) is 37.3 Å². The van der Waals surface area contributed by atoms with Gasteiger partial charge in [0, 0.05) is 17.8 Å². The number of hydrogen-bond donors (Lipinski definition) is 2. The quantitative estimate of drug-likeness (QED) is 0.647. The Kier molecular flexibility index (Phi) is 4.77. The van der Waals surface area contributed by atoms with Crippen LogP contribution < -0.4 is 11.1 Å².